The zero-order valence-corrected chi connectivity index (χ0v) is 4.60. The molecule has 0 aliphatic carbocycles. The fraction of sp³-hybridized carbons (Fsp3) is 1.00. The Kier molecular flexibility index (Phi) is 1.41. The first-order chi connectivity index (χ1) is 2.89. The second-order valence-corrected chi connectivity index (χ2v) is 2.01. The van der Waals surface area contributed by atoms with Crippen LogP contribution in [0.2, 0.25) is 0 Å². The highest BCUT2D eigenvalue weighted by molar-refractivity contribution is 7.26. The van der Waals surface area contributed by atoms with Crippen LogP contribution in [0.3, 0.4) is 0 Å². The van der Waals surface area contributed by atoms with Crippen LogP contribution in [0.5, 0.6) is 0 Å². The zero-order valence-electron chi connectivity index (χ0n) is 3.60. The van der Waals surface area contributed by atoms with Crippen molar-refractivity contribution in [3.05, 3.63) is 0 Å². The van der Waals surface area contributed by atoms with Gasteiger partial charge in [-0.05, 0) is 6.92 Å². The zero-order chi connectivity index (χ0) is 4.41. The molecule has 0 aromatic heterocycles. The van der Waals surface area contributed by atoms with Gasteiger partial charge in [0, 0.05) is 0 Å². The molecule has 2 atom stereocenters. The highest BCUT2D eigenvalue weighted by Crippen LogP contribution is 2.24. The smallest absolute Gasteiger partial charge is 0.155 e. The lowest BCUT2D eigenvalue weighted by molar-refractivity contribution is 0.263. The van der Waals surface area contributed by atoms with Gasteiger partial charge in [-0.25, -0.2) is 0 Å². The van der Waals surface area contributed by atoms with E-state index in [1.54, 1.807) is 0 Å². The van der Waals surface area contributed by atoms with E-state index in [1.807, 2.05) is 6.92 Å². The van der Waals surface area contributed by atoms with Gasteiger partial charge >= 0.3 is 0 Å². The maximum absolute atomic E-state index is 4.96. The van der Waals surface area contributed by atoms with E-state index in [2.05, 4.69) is 0 Å². The Morgan fingerprint density at radius 3 is 2.83 bits per heavy atom. The SMILES string of the molecule is C[C@@H]1COPO1. The van der Waals surface area contributed by atoms with Crippen LogP contribution in [0.15, 0.2) is 0 Å². The molecule has 1 fully saturated rings. The van der Waals surface area contributed by atoms with Gasteiger partial charge < -0.3 is 9.05 Å². The fourth-order valence-electron chi connectivity index (χ4n) is 0.302. The summed E-state index contributed by atoms with van der Waals surface area (Å²) in [5.74, 6) is 0. The first-order valence-corrected chi connectivity index (χ1v) is 2.73. The van der Waals surface area contributed by atoms with Crippen molar-refractivity contribution in [3.63, 3.8) is 0 Å². The Balaban J connectivity index is 2.18. The summed E-state index contributed by atoms with van der Waals surface area (Å²) in [5, 5.41) is 0. The van der Waals surface area contributed by atoms with Crippen molar-refractivity contribution in [3.8, 4) is 0 Å². The predicted molar refractivity (Wildman–Crippen MR) is 24.8 cm³/mol. The first kappa shape index (κ1) is 4.51. The standard InChI is InChI=1S/C3H7O2P/c1-3-2-4-6-5-3/h3,6H,2H2,1H3/t3-/m1/s1. The minimum atomic E-state index is 0.289. The molecule has 0 aromatic rings. The van der Waals surface area contributed by atoms with Crippen molar-refractivity contribution in [2.75, 3.05) is 6.61 Å². The Morgan fingerprint density at radius 2 is 2.67 bits per heavy atom. The van der Waals surface area contributed by atoms with Gasteiger partial charge in [0.1, 0.15) is 0 Å². The van der Waals surface area contributed by atoms with Crippen LogP contribution < -0.4 is 0 Å². The Labute approximate surface area is 38.8 Å². The second kappa shape index (κ2) is 1.87. The average molecular weight is 106 g/mol. The summed E-state index contributed by atoms with van der Waals surface area (Å²) >= 11 is 0. The van der Waals surface area contributed by atoms with E-state index >= 15 is 0 Å². The molecule has 1 unspecified atom stereocenters. The molecule has 1 heterocycles. The predicted octanol–water partition coefficient (Wildman–Crippen LogP) is 0.930. The number of rotatable bonds is 0. The van der Waals surface area contributed by atoms with Gasteiger partial charge in [0.05, 0.1) is 12.7 Å². The summed E-state index contributed by atoms with van der Waals surface area (Å²) in [6.07, 6.45) is 0.336. The van der Waals surface area contributed by atoms with Crippen molar-refractivity contribution < 1.29 is 9.05 Å². The van der Waals surface area contributed by atoms with Gasteiger partial charge in [-0.3, -0.25) is 0 Å². The van der Waals surface area contributed by atoms with E-state index in [0.29, 0.717) is 6.10 Å². The summed E-state index contributed by atoms with van der Waals surface area (Å²) < 4.78 is 9.82. The van der Waals surface area contributed by atoms with Crippen molar-refractivity contribution >= 4 is 9.03 Å². The summed E-state index contributed by atoms with van der Waals surface area (Å²) in [5.41, 5.74) is 0. The van der Waals surface area contributed by atoms with E-state index in [9.17, 15) is 0 Å². The molecule has 6 heavy (non-hydrogen) atoms. The third-order valence-electron chi connectivity index (χ3n) is 0.626. The molecule has 0 N–H and O–H groups in total. The topological polar surface area (TPSA) is 18.5 Å². The van der Waals surface area contributed by atoms with Crippen LogP contribution in [-0.2, 0) is 9.05 Å². The van der Waals surface area contributed by atoms with Gasteiger partial charge in [0.25, 0.3) is 0 Å². The molecule has 0 amide bonds. The Hall–Kier alpha value is 0.350. The van der Waals surface area contributed by atoms with Crippen molar-refractivity contribution in [1.29, 1.82) is 0 Å². The van der Waals surface area contributed by atoms with E-state index in [0.717, 1.165) is 6.61 Å². The molecule has 0 aromatic carbocycles. The molecule has 0 saturated carbocycles. The van der Waals surface area contributed by atoms with Gasteiger partial charge in [-0.15, -0.1) is 0 Å². The monoisotopic (exact) mass is 106 g/mol. The maximum atomic E-state index is 4.96. The Morgan fingerprint density at radius 1 is 1.83 bits per heavy atom. The highest BCUT2D eigenvalue weighted by Gasteiger charge is 2.08. The molecule has 3 heteroatoms. The summed E-state index contributed by atoms with van der Waals surface area (Å²) in [7, 11) is 0.289. The minimum Gasteiger partial charge on any atom is -0.334 e. The lowest BCUT2D eigenvalue weighted by atomic mass is 10.5. The van der Waals surface area contributed by atoms with E-state index in [1.165, 1.54) is 0 Å². The van der Waals surface area contributed by atoms with E-state index in [-0.39, 0.29) is 9.03 Å². The molecular weight excluding hydrogens is 99.0 g/mol. The summed E-state index contributed by atoms with van der Waals surface area (Å²) in [6.45, 7) is 2.78. The van der Waals surface area contributed by atoms with Crippen LogP contribution in [0.1, 0.15) is 6.92 Å². The highest BCUT2D eigenvalue weighted by atomic mass is 31.1. The molecule has 0 spiro atoms. The Bertz CT molecular complexity index is 42.1. The molecule has 0 radical (unpaired) electrons. The molecule has 1 rings (SSSR count). The van der Waals surface area contributed by atoms with Crippen molar-refractivity contribution in [2.45, 2.75) is 13.0 Å². The third kappa shape index (κ3) is 0.904. The normalized spacial score (nSPS) is 38.5. The van der Waals surface area contributed by atoms with Crippen LogP contribution in [-0.4, -0.2) is 12.7 Å². The molecule has 0 bridgehead atoms. The number of hydrogen-bond acceptors (Lipinski definition) is 2. The minimum absolute atomic E-state index is 0.289. The lowest BCUT2D eigenvalue weighted by Gasteiger charge is -1.89. The quantitative estimate of drug-likeness (QED) is 0.427. The second-order valence-electron chi connectivity index (χ2n) is 1.32. The molecule has 1 aliphatic heterocycles. The lowest BCUT2D eigenvalue weighted by Crippen LogP contribution is -1.99. The van der Waals surface area contributed by atoms with Crippen molar-refractivity contribution in [1.82, 2.24) is 0 Å². The van der Waals surface area contributed by atoms with Crippen LogP contribution in [0, 0.1) is 0 Å². The molecule has 1 aliphatic rings. The molecule has 36 valence electrons. The third-order valence-corrected chi connectivity index (χ3v) is 1.41. The van der Waals surface area contributed by atoms with Crippen LogP contribution in [0.25, 0.3) is 0 Å². The number of hydrogen-bond donors (Lipinski definition) is 0. The van der Waals surface area contributed by atoms with E-state index in [4.69, 9.17) is 9.05 Å². The molecule has 2 nitrogen and oxygen atoms in total. The average Bonchev–Trinajstić information content (AvgIpc) is 1.86. The van der Waals surface area contributed by atoms with Gasteiger partial charge in [0.15, 0.2) is 9.03 Å². The first-order valence-electron chi connectivity index (χ1n) is 1.92. The van der Waals surface area contributed by atoms with Gasteiger partial charge in [0.2, 0.25) is 0 Å². The summed E-state index contributed by atoms with van der Waals surface area (Å²) in [6, 6.07) is 0. The van der Waals surface area contributed by atoms with Crippen LogP contribution >= 0.6 is 9.03 Å². The maximum Gasteiger partial charge on any atom is 0.155 e. The van der Waals surface area contributed by atoms with Gasteiger partial charge in [-0.2, -0.15) is 0 Å². The summed E-state index contributed by atoms with van der Waals surface area (Å²) in [4.78, 5) is 0. The van der Waals surface area contributed by atoms with Crippen LogP contribution in [0.4, 0.5) is 0 Å². The fourth-order valence-corrected chi connectivity index (χ4v) is 0.905. The van der Waals surface area contributed by atoms with E-state index < -0.39 is 0 Å². The molecule has 1 saturated heterocycles. The largest absolute Gasteiger partial charge is 0.334 e. The molecular formula is C3H7O2P. The van der Waals surface area contributed by atoms with Gasteiger partial charge in [-0.1, -0.05) is 0 Å². The van der Waals surface area contributed by atoms with Crippen molar-refractivity contribution in [2.24, 2.45) is 0 Å².